The van der Waals surface area contributed by atoms with Gasteiger partial charge in [-0.15, -0.1) is 0 Å². The SMILES string of the molecule is CC1CN(CCCNC2CC2)CC1N(C)C. The molecule has 0 aromatic rings. The smallest absolute Gasteiger partial charge is 0.0254 e. The van der Waals surface area contributed by atoms with Gasteiger partial charge in [0.25, 0.3) is 0 Å². The maximum atomic E-state index is 3.59. The average molecular weight is 225 g/mol. The summed E-state index contributed by atoms with van der Waals surface area (Å²) < 4.78 is 0. The molecule has 3 nitrogen and oxygen atoms in total. The standard InChI is InChI=1S/C13H27N3/c1-11-9-16(10-13(11)15(2)3)8-4-7-14-12-5-6-12/h11-14H,4-10H2,1-3H3. The summed E-state index contributed by atoms with van der Waals surface area (Å²) in [4.78, 5) is 5.01. The zero-order valence-electron chi connectivity index (χ0n) is 11.1. The van der Waals surface area contributed by atoms with Crippen molar-refractivity contribution in [2.24, 2.45) is 5.92 Å². The quantitative estimate of drug-likeness (QED) is 0.681. The molecule has 3 heteroatoms. The van der Waals surface area contributed by atoms with Gasteiger partial charge in [-0.1, -0.05) is 6.92 Å². The van der Waals surface area contributed by atoms with E-state index in [4.69, 9.17) is 0 Å². The Balaban J connectivity index is 1.59. The molecule has 2 unspecified atom stereocenters. The summed E-state index contributed by atoms with van der Waals surface area (Å²) in [6.07, 6.45) is 4.12. The Kier molecular flexibility index (Phi) is 4.22. The Hall–Kier alpha value is -0.120. The molecule has 2 fully saturated rings. The first-order chi connectivity index (χ1) is 7.66. The lowest BCUT2D eigenvalue weighted by atomic mass is 10.1. The van der Waals surface area contributed by atoms with Crippen LogP contribution >= 0.6 is 0 Å². The van der Waals surface area contributed by atoms with Gasteiger partial charge in [0, 0.05) is 25.2 Å². The Morgan fingerprint density at radius 2 is 2.00 bits per heavy atom. The van der Waals surface area contributed by atoms with Gasteiger partial charge in [0.2, 0.25) is 0 Å². The fourth-order valence-electron chi connectivity index (χ4n) is 2.80. The highest BCUT2D eigenvalue weighted by molar-refractivity contribution is 4.86. The molecule has 1 saturated carbocycles. The molecular formula is C13H27N3. The van der Waals surface area contributed by atoms with Crippen LogP contribution in [-0.2, 0) is 0 Å². The van der Waals surface area contributed by atoms with Crippen molar-refractivity contribution in [1.82, 2.24) is 15.1 Å². The van der Waals surface area contributed by atoms with E-state index < -0.39 is 0 Å². The average Bonchev–Trinajstić information content (AvgIpc) is 2.97. The zero-order chi connectivity index (χ0) is 11.5. The first kappa shape index (κ1) is 12.3. The highest BCUT2D eigenvalue weighted by atomic mass is 15.2. The highest BCUT2D eigenvalue weighted by Gasteiger charge is 2.30. The van der Waals surface area contributed by atoms with Crippen LogP contribution in [0.2, 0.25) is 0 Å². The van der Waals surface area contributed by atoms with Crippen LogP contribution in [0.3, 0.4) is 0 Å². The minimum atomic E-state index is 0.761. The van der Waals surface area contributed by atoms with Crippen molar-refractivity contribution >= 4 is 0 Å². The van der Waals surface area contributed by atoms with E-state index in [0.29, 0.717) is 0 Å². The van der Waals surface area contributed by atoms with Gasteiger partial charge in [-0.25, -0.2) is 0 Å². The van der Waals surface area contributed by atoms with Crippen LogP contribution in [-0.4, -0.2) is 62.2 Å². The summed E-state index contributed by atoms with van der Waals surface area (Å²) in [6.45, 7) is 7.41. The van der Waals surface area contributed by atoms with E-state index in [1.807, 2.05) is 0 Å². The van der Waals surface area contributed by atoms with Gasteiger partial charge >= 0.3 is 0 Å². The molecule has 0 spiro atoms. The van der Waals surface area contributed by atoms with Gasteiger partial charge in [-0.05, 0) is 52.4 Å². The van der Waals surface area contributed by atoms with Crippen molar-refractivity contribution in [3.8, 4) is 0 Å². The van der Waals surface area contributed by atoms with Gasteiger partial charge in [-0.2, -0.15) is 0 Å². The van der Waals surface area contributed by atoms with Gasteiger partial charge < -0.3 is 15.1 Å². The summed E-state index contributed by atoms with van der Waals surface area (Å²) in [6, 6.07) is 1.63. The van der Waals surface area contributed by atoms with Crippen LogP contribution in [0.15, 0.2) is 0 Å². The second-order valence-electron chi connectivity index (χ2n) is 5.85. The highest BCUT2D eigenvalue weighted by Crippen LogP contribution is 2.20. The van der Waals surface area contributed by atoms with Crippen LogP contribution in [0.4, 0.5) is 0 Å². The van der Waals surface area contributed by atoms with Crippen LogP contribution in [0.1, 0.15) is 26.2 Å². The maximum absolute atomic E-state index is 3.59. The van der Waals surface area contributed by atoms with E-state index in [1.54, 1.807) is 0 Å². The van der Waals surface area contributed by atoms with Crippen LogP contribution in [0.25, 0.3) is 0 Å². The Morgan fingerprint density at radius 1 is 1.25 bits per heavy atom. The van der Waals surface area contributed by atoms with E-state index >= 15 is 0 Å². The molecule has 0 radical (unpaired) electrons. The normalized spacial score (nSPS) is 31.5. The van der Waals surface area contributed by atoms with Crippen molar-refractivity contribution in [1.29, 1.82) is 0 Å². The van der Waals surface area contributed by atoms with Gasteiger partial charge in [0.05, 0.1) is 0 Å². The molecule has 0 aromatic carbocycles. The Labute approximate surface area is 100 Å². The summed E-state index contributed by atoms with van der Waals surface area (Å²) in [5.74, 6) is 0.825. The zero-order valence-corrected chi connectivity index (χ0v) is 11.1. The number of likely N-dealkylation sites (N-methyl/N-ethyl adjacent to an activating group) is 1. The first-order valence-electron chi connectivity index (χ1n) is 6.79. The van der Waals surface area contributed by atoms with Gasteiger partial charge in [0.1, 0.15) is 0 Å². The topological polar surface area (TPSA) is 18.5 Å². The molecule has 16 heavy (non-hydrogen) atoms. The lowest BCUT2D eigenvalue weighted by molar-refractivity contribution is 0.251. The third-order valence-corrected chi connectivity index (χ3v) is 3.97. The molecule has 1 aliphatic carbocycles. The fraction of sp³-hybridized carbons (Fsp3) is 1.00. The molecule has 0 amide bonds. The number of likely N-dealkylation sites (tertiary alicyclic amines) is 1. The Bertz CT molecular complexity index is 213. The predicted molar refractivity (Wildman–Crippen MR) is 68.7 cm³/mol. The van der Waals surface area contributed by atoms with E-state index in [9.17, 15) is 0 Å². The van der Waals surface area contributed by atoms with Crippen molar-refractivity contribution in [3.05, 3.63) is 0 Å². The second-order valence-corrected chi connectivity index (χ2v) is 5.85. The molecule has 0 bridgehead atoms. The largest absolute Gasteiger partial charge is 0.314 e. The van der Waals surface area contributed by atoms with E-state index in [-0.39, 0.29) is 0 Å². The molecule has 0 aromatic heterocycles. The van der Waals surface area contributed by atoms with Gasteiger partial charge in [0.15, 0.2) is 0 Å². The van der Waals surface area contributed by atoms with Crippen LogP contribution in [0.5, 0.6) is 0 Å². The van der Waals surface area contributed by atoms with Crippen molar-refractivity contribution in [2.75, 3.05) is 40.3 Å². The number of hydrogen-bond donors (Lipinski definition) is 1. The second kappa shape index (κ2) is 5.48. The molecular weight excluding hydrogens is 198 g/mol. The minimum absolute atomic E-state index is 0.761. The molecule has 94 valence electrons. The van der Waals surface area contributed by atoms with Crippen molar-refractivity contribution < 1.29 is 0 Å². The van der Waals surface area contributed by atoms with Crippen LogP contribution in [0, 0.1) is 5.92 Å². The number of nitrogens with one attached hydrogen (secondary N) is 1. The fourth-order valence-corrected chi connectivity index (χ4v) is 2.80. The van der Waals surface area contributed by atoms with E-state index in [0.717, 1.165) is 18.0 Å². The third-order valence-electron chi connectivity index (χ3n) is 3.97. The molecule has 2 rings (SSSR count). The lowest BCUT2D eigenvalue weighted by Gasteiger charge is -2.22. The monoisotopic (exact) mass is 225 g/mol. The Morgan fingerprint density at radius 3 is 2.56 bits per heavy atom. The van der Waals surface area contributed by atoms with Crippen molar-refractivity contribution in [2.45, 2.75) is 38.3 Å². The summed E-state index contributed by atoms with van der Waals surface area (Å²) in [7, 11) is 4.42. The van der Waals surface area contributed by atoms with Crippen LogP contribution < -0.4 is 5.32 Å². The molecule has 1 N–H and O–H groups in total. The summed E-state index contributed by atoms with van der Waals surface area (Å²) in [5, 5.41) is 3.59. The minimum Gasteiger partial charge on any atom is -0.314 e. The first-order valence-corrected chi connectivity index (χ1v) is 6.79. The summed E-state index contributed by atoms with van der Waals surface area (Å²) in [5.41, 5.74) is 0. The van der Waals surface area contributed by atoms with Crippen molar-refractivity contribution in [3.63, 3.8) is 0 Å². The number of hydrogen-bond acceptors (Lipinski definition) is 3. The molecule has 2 aliphatic rings. The molecule has 1 heterocycles. The number of rotatable bonds is 6. The summed E-state index contributed by atoms with van der Waals surface area (Å²) >= 11 is 0. The molecule has 1 saturated heterocycles. The van der Waals surface area contributed by atoms with Gasteiger partial charge in [-0.3, -0.25) is 0 Å². The van der Waals surface area contributed by atoms with E-state index in [2.05, 4.69) is 36.1 Å². The van der Waals surface area contributed by atoms with E-state index in [1.165, 1.54) is 45.4 Å². The third kappa shape index (κ3) is 3.44. The predicted octanol–water partition coefficient (Wildman–Crippen LogP) is 1.01. The number of nitrogens with zero attached hydrogens (tertiary/aromatic N) is 2. The maximum Gasteiger partial charge on any atom is 0.0254 e. The molecule has 1 aliphatic heterocycles. The lowest BCUT2D eigenvalue weighted by Crippen LogP contribution is -2.34. The molecule has 2 atom stereocenters.